The van der Waals surface area contributed by atoms with Gasteiger partial charge in [-0.2, -0.15) is 0 Å². The van der Waals surface area contributed by atoms with E-state index in [4.69, 9.17) is 4.74 Å². The van der Waals surface area contributed by atoms with Gasteiger partial charge >= 0.3 is 0 Å². The van der Waals surface area contributed by atoms with Gasteiger partial charge in [0.05, 0.1) is 6.61 Å². The Hall–Kier alpha value is -0.120. The number of likely N-dealkylation sites (tertiary alicyclic amines) is 1. The number of hydrogen-bond acceptors (Lipinski definition) is 3. The Bertz CT molecular complexity index is 233. The van der Waals surface area contributed by atoms with E-state index in [2.05, 4.69) is 24.1 Å². The Kier molecular flexibility index (Phi) is 5.46. The topological polar surface area (TPSA) is 24.5 Å². The van der Waals surface area contributed by atoms with Crippen LogP contribution in [0.25, 0.3) is 0 Å². The predicted molar refractivity (Wildman–Crippen MR) is 75.8 cm³/mol. The van der Waals surface area contributed by atoms with Gasteiger partial charge in [-0.25, -0.2) is 0 Å². The quantitative estimate of drug-likeness (QED) is 0.752. The minimum atomic E-state index is 0.569. The molecule has 0 amide bonds. The van der Waals surface area contributed by atoms with E-state index < -0.39 is 0 Å². The minimum Gasteiger partial charge on any atom is -0.383 e. The molecule has 1 aliphatic carbocycles. The molecule has 3 nitrogen and oxygen atoms in total. The van der Waals surface area contributed by atoms with Crippen molar-refractivity contribution in [2.75, 3.05) is 39.9 Å². The molecule has 0 bridgehead atoms. The Morgan fingerprint density at radius 2 is 1.83 bits per heavy atom. The SMILES string of the molecule is COCC(CNCC(C)C)N1CC2CCCC2C1. The molecule has 1 heterocycles. The fraction of sp³-hybridized carbons (Fsp3) is 1.00. The normalized spacial score (nSPS) is 30.0. The van der Waals surface area contributed by atoms with Crippen LogP contribution in [0.2, 0.25) is 0 Å². The third-order valence-electron chi connectivity index (χ3n) is 4.56. The summed E-state index contributed by atoms with van der Waals surface area (Å²) in [7, 11) is 1.83. The largest absolute Gasteiger partial charge is 0.383 e. The van der Waals surface area contributed by atoms with Crippen molar-refractivity contribution in [3.05, 3.63) is 0 Å². The molecule has 2 aliphatic rings. The van der Waals surface area contributed by atoms with Crippen LogP contribution in [0, 0.1) is 17.8 Å². The number of ether oxygens (including phenoxy) is 1. The summed E-state index contributed by atoms with van der Waals surface area (Å²) in [5.41, 5.74) is 0. The molecule has 1 aliphatic heterocycles. The van der Waals surface area contributed by atoms with E-state index in [0.29, 0.717) is 6.04 Å². The molecule has 2 fully saturated rings. The maximum Gasteiger partial charge on any atom is 0.0630 e. The van der Waals surface area contributed by atoms with Crippen LogP contribution in [0.3, 0.4) is 0 Å². The third kappa shape index (κ3) is 3.69. The first kappa shape index (κ1) is 14.3. The lowest BCUT2D eigenvalue weighted by molar-refractivity contribution is 0.0987. The summed E-state index contributed by atoms with van der Waals surface area (Å²) in [6, 6.07) is 0.569. The van der Waals surface area contributed by atoms with E-state index in [1.807, 2.05) is 7.11 Å². The monoisotopic (exact) mass is 254 g/mol. The van der Waals surface area contributed by atoms with Crippen LogP contribution in [-0.2, 0) is 4.74 Å². The first-order valence-corrected chi connectivity index (χ1v) is 7.64. The van der Waals surface area contributed by atoms with Gasteiger partial charge in [0, 0.05) is 32.8 Å². The molecule has 1 saturated heterocycles. The van der Waals surface area contributed by atoms with Crippen molar-refractivity contribution in [2.24, 2.45) is 17.8 Å². The van der Waals surface area contributed by atoms with Gasteiger partial charge in [0.2, 0.25) is 0 Å². The van der Waals surface area contributed by atoms with E-state index >= 15 is 0 Å². The number of nitrogens with zero attached hydrogens (tertiary/aromatic N) is 1. The summed E-state index contributed by atoms with van der Waals surface area (Å²) in [5.74, 6) is 2.69. The molecule has 18 heavy (non-hydrogen) atoms. The standard InChI is InChI=1S/C15H30N2O/c1-12(2)7-16-8-15(11-18-3)17-9-13-5-4-6-14(13)10-17/h12-16H,4-11H2,1-3H3. The zero-order valence-corrected chi connectivity index (χ0v) is 12.3. The van der Waals surface area contributed by atoms with E-state index in [-0.39, 0.29) is 0 Å². The number of methoxy groups -OCH3 is 1. The zero-order valence-electron chi connectivity index (χ0n) is 12.3. The van der Waals surface area contributed by atoms with Gasteiger partial charge in [0.25, 0.3) is 0 Å². The van der Waals surface area contributed by atoms with Crippen molar-refractivity contribution in [3.8, 4) is 0 Å². The van der Waals surface area contributed by atoms with Crippen molar-refractivity contribution in [1.29, 1.82) is 0 Å². The van der Waals surface area contributed by atoms with Crippen molar-refractivity contribution in [3.63, 3.8) is 0 Å². The first-order valence-electron chi connectivity index (χ1n) is 7.64. The van der Waals surface area contributed by atoms with Gasteiger partial charge in [-0.15, -0.1) is 0 Å². The highest BCUT2D eigenvalue weighted by atomic mass is 16.5. The van der Waals surface area contributed by atoms with Gasteiger partial charge in [-0.05, 0) is 37.1 Å². The lowest BCUT2D eigenvalue weighted by Crippen LogP contribution is -2.45. The highest BCUT2D eigenvalue weighted by Crippen LogP contribution is 2.38. The number of rotatable bonds is 7. The van der Waals surface area contributed by atoms with Crippen LogP contribution in [-0.4, -0.2) is 50.8 Å². The highest BCUT2D eigenvalue weighted by Gasteiger charge is 2.38. The summed E-state index contributed by atoms with van der Waals surface area (Å²) in [6.07, 6.45) is 4.38. The molecule has 3 unspecified atom stereocenters. The van der Waals surface area contributed by atoms with E-state index in [9.17, 15) is 0 Å². The zero-order chi connectivity index (χ0) is 13.0. The molecular weight excluding hydrogens is 224 g/mol. The van der Waals surface area contributed by atoms with Crippen LogP contribution in [0.1, 0.15) is 33.1 Å². The molecule has 0 aromatic heterocycles. The molecule has 106 valence electrons. The summed E-state index contributed by atoms with van der Waals surface area (Å²) >= 11 is 0. The molecule has 0 aromatic rings. The van der Waals surface area contributed by atoms with Crippen molar-refractivity contribution in [1.82, 2.24) is 10.2 Å². The molecule has 3 atom stereocenters. The van der Waals surface area contributed by atoms with E-state index in [1.165, 1.54) is 32.4 Å². The number of nitrogens with one attached hydrogen (secondary N) is 1. The number of fused-ring (bicyclic) bond motifs is 1. The molecule has 0 spiro atoms. The average molecular weight is 254 g/mol. The molecule has 1 N–H and O–H groups in total. The molecule has 0 aromatic carbocycles. The average Bonchev–Trinajstić information content (AvgIpc) is 2.87. The second kappa shape index (κ2) is 6.88. The van der Waals surface area contributed by atoms with Crippen molar-refractivity contribution < 1.29 is 4.74 Å². The molecule has 0 radical (unpaired) electrons. The van der Waals surface area contributed by atoms with E-state index in [1.54, 1.807) is 0 Å². The van der Waals surface area contributed by atoms with Crippen molar-refractivity contribution in [2.45, 2.75) is 39.2 Å². The van der Waals surface area contributed by atoms with Crippen molar-refractivity contribution >= 4 is 0 Å². The van der Waals surface area contributed by atoms with Gasteiger partial charge < -0.3 is 10.1 Å². The molecule has 1 saturated carbocycles. The smallest absolute Gasteiger partial charge is 0.0630 e. The highest BCUT2D eigenvalue weighted by molar-refractivity contribution is 4.91. The Balaban J connectivity index is 1.78. The Morgan fingerprint density at radius 3 is 2.39 bits per heavy atom. The van der Waals surface area contributed by atoms with Crippen LogP contribution >= 0.6 is 0 Å². The second-order valence-corrected chi connectivity index (χ2v) is 6.57. The number of hydrogen-bond donors (Lipinski definition) is 1. The summed E-state index contributed by atoms with van der Waals surface area (Å²) < 4.78 is 5.41. The third-order valence-corrected chi connectivity index (χ3v) is 4.56. The van der Waals surface area contributed by atoms with Gasteiger partial charge in [0.1, 0.15) is 0 Å². The van der Waals surface area contributed by atoms with Gasteiger partial charge in [-0.3, -0.25) is 4.90 Å². The van der Waals surface area contributed by atoms with Crippen LogP contribution in [0.5, 0.6) is 0 Å². The Morgan fingerprint density at radius 1 is 1.17 bits per heavy atom. The Labute approximate surface area is 112 Å². The van der Waals surface area contributed by atoms with Crippen LogP contribution in [0.4, 0.5) is 0 Å². The fourth-order valence-corrected chi connectivity index (χ4v) is 3.59. The molecular formula is C15H30N2O. The maximum absolute atomic E-state index is 5.41. The molecule has 3 heteroatoms. The minimum absolute atomic E-state index is 0.569. The fourth-order valence-electron chi connectivity index (χ4n) is 3.59. The lowest BCUT2D eigenvalue weighted by Gasteiger charge is -2.28. The van der Waals surface area contributed by atoms with E-state index in [0.717, 1.165) is 37.5 Å². The lowest BCUT2D eigenvalue weighted by atomic mass is 10.0. The predicted octanol–water partition coefficient (Wildman–Crippen LogP) is 1.98. The van der Waals surface area contributed by atoms with Crippen LogP contribution < -0.4 is 5.32 Å². The maximum atomic E-state index is 5.41. The first-order chi connectivity index (χ1) is 8.70. The second-order valence-electron chi connectivity index (χ2n) is 6.57. The van der Waals surface area contributed by atoms with Crippen LogP contribution in [0.15, 0.2) is 0 Å². The summed E-state index contributed by atoms with van der Waals surface area (Å²) in [4.78, 5) is 2.67. The molecule has 2 rings (SSSR count). The van der Waals surface area contributed by atoms with Gasteiger partial charge in [-0.1, -0.05) is 20.3 Å². The summed E-state index contributed by atoms with van der Waals surface area (Å²) in [6.45, 7) is 10.2. The summed E-state index contributed by atoms with van der Waals surface area (Å²) in [5, 5.41) is 3.59. The van der Waals surface area contributed by atoms with Gasteiger partial charge in [0.15, 0.2) is 0 Å².